The number of anilines is 1. The van der Waals surface area contributed by atoms with Gasteiger partial charge in [0.1, 0.15) is 22.8 Å². The van der Waals surface area contributed by atoms with Crippen molar-refractivity contribution < 1.29 is 24.4 Å². The first-order valence-electron chi connectivity index (χ1n) is 11.6. The van der Waals surface area contributed by atoms with Gasteiger partial charge in [-0.1, -0.05) is 25.1 Å². The molecule has 0 spiro atoms. The van der Waals surface area contributed by atoms with Crippen LogP contribution in [0.1, 0.15) is 25.3 Å². The molecule has 0 atom stereocenters. The zero-order chi connectivity index (χ0) is 24.7. The molecule has 3 N–H and O–H groups in total. The van der Waals surface area contributed by atoms with E-state index in [0.717, 1.165) is 22.8 Å². The van der Waals surface area contributed by atoms with Crippen LogP contribution in [-0.4, -0.2) is 62.7 Å². The number of aromatic nitrogens is 3. The summed E-state index contributed by atoms with van der Waals surface area (Å²) >= 11 is 0. The largest absolute Gasteiger partial charge is 0.508 e. The summed E-state index contributed by atoms with van der Waals surface area (Å²) in [5, 5.41) is 32.3. The Kier molecular flexibility index (Phi) is 5.90. The molecular weight excluding hydrogens is 451 g/mol. The number of pyridine rings is 1. The molecule has 35 heavy (non-hydrogen) atoms. The molecule has 2 aromatic carbocycles. The topological polar surface area (TPSA) is 112 Å². The van der Waals surface area contributed by atoms with Crippen molar-refractivity contribution in [1.29, 1.82) is 0 Å². The lowest BCUT2D eigenvalue weighted by molar-refractivity contribution is -0.0326. The highest BCUT2D eigenvalue weighted by Gasteiger charge is 2.33. The molecule has 0 amide bonds. The lowest BCUT2D eigenvalue weighted by Gasteiger charge is -2.37. The molecule has 2 aromatic heterocycles. The maximum atomic E-state index is 16.1. The number of aliphatic hydroxyl groups is 2. The number of phenols is 1. The van der Waals surface area contributed by atoms with E-state index in [-0.39, 0.29) is 29.6 Å². The van der Waals surface area contributed by atoms with Crippen molar-refractivity contribution in [2.24, 2.45) is 0 Å². The average molecular weight is 479 g/mol. The third kappa shape index (κ3) is 4.00. The highest BCUT2D eigenvalue weighted by molar-refractivity contribution is 6.01. The molecule has 1 saturated heterocycles. The number of phenolic OH excluding ortho intramolecular Hbond substituents is 1. The number of fused-ring (bicyclic) bond motifs is 2. The van der Waals surface area contributed by atoms with Crippen LogP contribution < -0.4 is 9.64 Å². The first-order chi connectivity index (χ1) is 16.9. The van der Waals surface area contributed by atoms with Gasteiger partial charge < -0.3 is 25.0 Å². The minimum absolute atomic E-state index is 0.0153. The van der Waals surface area contributed by atoms with Crippen LogP contribution >= 0.6 is 0 Å². The summed E-state index contributed by atoms with van der Waals surface area (Å²) in [6.07, 6.45) is 2.97. The van der Waals surface area contributed by atoms with Gasteiger partial charge in [-0.3, -0.25) is 4.98 Å². The van der Waals surface area contributed by atoms with Crippen molar-refractivity contribution >= 4 is 27.5 Å². The number of hydrogen-bond donors (Lipinski definition) is 3. The molecule has 182 valence electrons. The lowest BCUT2D eigenvalue weighted by Crippen LogP contribution is -2.47. The van der Waals surface area contributed by atoms with E-state index >= 15 is 4.39 Å². The van der Waals surface area contributed by atoms with Crippen molar-refractivity contribution in [3.63, 3.8) is 0 Å². The van der Waals surface area contributed by atoms with Crippen molar-refractivity contribution in [1.82, 2.24) is 15.0 Å². The van der Waals surface area contributed by atoms with Gasteiger partial charge in [-0.25, -0.2) is 4.39 Å². The van der Waals surface area contributed by atoms with Gasteiger partial charge in [0.25, 0.3) is 0 Å². The Bertz CT molecular complexity index is 1420. The Labute approximate surface area is 201 Å². The van der Waals surface area contributed by atoms with Gasteiger partial charge in [0.05, 0.1) is 24.7 Å². The fraction of sp³-hybridized carbons (Fsp3) is 0.346. The fourth-order valence-corrected chi connectivity index (χ4v) is 4.81. The summed E-state index contributed by atoms with van der Waals surface area (Å²) in [6.45, 7) is 2.56. The standard InChI is InChI=1S/C26H27FN4O4/c1-3-15-5-4-6-16-11-17(33)12-18(20(15)16)22-21(27)23-19(13-28-22)24(30-25(29-23)35-2)31-9-7-26(34,14-32)8-10-31/h4-6,11-13,32-34H,3,7-10,14H2,1-2H3. The normalized spacial score (nSPS) is 15.6. The highest BCUT2D eigenvalue weighted by atomic mass is 19.1. The summed E-state index contributed by atoms with van der Waals surface area (Å²) in [4.78, 5) is 15.1. The number of ether oxygens (including phenoxy) is 1. The number of aliphatic hydroxyl groups excluding tert-OH is 1. The third-order valence-corrected chi connectivity index (χ3v) is 6.80. The van der Waals surface area contributed by atoms with Gasteiger partial charge in [-0.05, 0) is 47.7 Å². The predicted octanol–water partition coefficient (Wildman–Crippen LogP) is 3.58. The Morgan fingerprint density at radius 3 is 2.63 bits per heavy atom. The van der Waals surface area contributed by atoms with Crippen LogP contribution in [0.5, 0.6) is 11.8 Å². The van der Waals surface area contributed by atoms with Crippen LogP contribution in [0.3, 0.4) is 0 Å². The molecule has 1 aliphatic rings. The molecule has 0 bridgehead atoms. The lowest BCUT2D eigenvalue weighted by atomic mass is 9.92. The Morgan fingerprint density at radius 2 is 1.94 bits per heavy atom. The molecule has 5 rings (SSSR count). The van der Waals surface area contributed by atoms with Gasteiger partial charge >= 0.3 is 6.01 Å². The Balaban J connectivity index is 1.70. The predicted molar refractivity (Wildman–Crippen MR) is 131 cm³/mol. The number of halogens is 1. The number of nitrogens with zero attached hydrogens (tertiary/aromatic N) is 4. The molecule has 0 unspecified atom stereocenters. The van der Waals surface area contributed by atoms with Gasteiger partial charge in [-0.15, -0.1) is 0 Å². The van der Waals surface area contributed by atoms with Crippen LogP contribution in [0.15, 0.2) is 36.5 Å². The minimum atomic E-state index is -1.13. The SMILES string of the molecule is CCc1cccc2cc(O)cc(-c3ncc4c(N5CCC(O)(CO)CC5)nc(OC)nc4c3F)c12. The summed E-state index contributed by atoms with van der Waals surface area (Å²) in [5.74, 6) is -0.154. The van der Waals surface area contributed by atoms with Gasteiger partial charge in [-0.2, -0.15) is 9.97 Å². The zero-order valence-corrected chi connectivity index (χ0v) is 19.6. The number of rotatable bonds is 5. The van der Waals surface area contributed by atoms with Crippen molar-refractivity contribution in [2.75, 3.05) is 31.7 Å². The summed E-state index contributed by atoms with van der Waals surface area (Å²) in [7, 11) is 1.42. The maximum absolute atomic E-state index is 16.1. The van der Waals surface area contributed by atoms with E-state index in [9.17, 15) is 15.3 Å². The van der Waals surface area contributed by atoms with E-state index in [0.29, 0.717) is 42.7 Å². The number of aromatic hydroxyl groups is 1. The summed E-state index contributed by atoms with van der Waals surface area (Å²) in [5.41, 5.74) is 0.518. The zero-order valence-electron chi connectivity index (χ0n) is 19.6. The molecule has 0 radical (unpaired) electrons. The van der Waals surface area contributed by atoms with E-state index in [1.54, 1.807) is 12.3 Å². The quantitative estimate of drug-likeness (QED) is 0.399. The molecule has 9 heteroatoms. The second kappa shape index (κ2) is 8.90. The highest BCUT2D eigenvalue weighted by Crippen LogP contribution is 2.38. The van der Waals surface area contributed by atoms with Gasteiger partial charge in [0, 0.05) is 24.8 Å². The van der Waals surface area contributed by atoms with Crippen LogP contribution in [0.25, 0.3) is 32.9 Å². The first-order valence-corrected chi connectivity index (χ1v) is 11.6. The Morgan fingerprint density at radius 1 is 1.17 bits per heavy atom. The van der Waals surface area contributed by atoms with Crippen molar-refractivity contribution in [2.45, 2.75) is 31.8 Å². The van der Waals surface area contributed by atoms with E-state index in [4.69, 9.17) is 4.74 Å². The minimum Gasteiger partial charge on any atom is -0.508 e. The summed E-state index contributed by atoms with van der Waals surface area (Å²) in [6, 6.07) is 8.97. The molecule has 0 aliphatic carbocycles. The van der Waals surface area contributed by atoms with Gasteiger partial charge in [0.15, 0.2) is 5.82 Å². The molecule has 8 nitrogen and oxygen atoms in total. The third-order valence-electron chi connectivity index (χ3n) is 6.80. The number of piperidine rings is 1. The van der Waals surface area contributed by atoms with Crippen LogP contribution in [0.4, 0.5) is 10.2 Å². The average Bonchev–Trinajstić information content (AvgIpc) is 2.88. The maximum Gasteiger partial charge on any atom is 0.318 e. The number of benzene rings is 2. The van der Waals surface area contributed by atoms with Crippen LogP contribution in [-0.2, 0) is 6.42 Å². The molecule has 3 heterocycles. The molecule has 1 fully saturated rings. The van der Waals surface area contributed by atoms with Gasteiger partial charge in [0.2, 0.25) is 0 Å². The van der Waals surface area contributed by atoms with E-state index in [1.165, 1.54) is 13.2 Å². The van der Waals surface area contributed by atoms with E-state index in [2.05, 4.69) is 15.0 Å². The molecule has 0 saturated carbocycles. The van der Waals surface area contributed by atoms with Crippen molar-refractivity contribution in [3.8, 4) is 23.0 Å². The van der Waals surface area contributed by atoms with Crippen LogP contribution in [0, 0.1) is 5.82 Å². The second-order valence-electron chi connectivity index (χ2n) is 8.95. The fourth-order valence-electron chi connectivity index (χ4n) is 4.81. The smallest absolute Gasteiger partial charge is 0.318 e. The Hall–Kier alpha value is -3.56. The second-order valence-corrected chi connectivity index (χ2v) is 8.95. The van der Waals surface area contributed by atoms with Crippen molar-refractivity contribution in [3.05, 3.63) is 47.9 Å². The van der Waals surface area contributed by atoms with E-state index < -0.39 is 11.4 Å². The number of hydrogen-bond acceptors (Lipinski definition) is 8. The molecule has 4 aromatic rings. The summed E-state index contributed by atoms with van der Waals surface area (Å²) < 4.78 is 21.4. The monoisotopic (exact) mass is 478 g/mol. The van der Waals surface area contributed by atoms with Crippen LogP contribution in [0.2, 0.25) is 0 Å². The number of aryl methyl sites for hydroxylation is 1. The van der Waals surface area contributed by atoms with E-state index in [1.807, 2.05) is 30.0 Å². The number of methoxy groups -OCH3 is 1. The first kappa shape index (κ1) is 23.2. The molecular formula is C26H27FN4O4. The molecule has 1 aliphatic heterocycles.